The summed E-state index contributed by atoms with van der Waals surface area (Å²) in [7, 11) is 0. The highest BCUT2D eigenvalue weighted by molar-refractivity contribution is 5.83. The number of ketones is 1. The average Bonchev–Trinajstić information content (AvgIpc) is 1.60. The van der Waals surface area contributed by atoms with Gasteiger partial charge in [-0.25, -0.2) is 0 Å². The van der Waals surface area contributed by atoms with Crippen LogP contribution in [0.2, 0.25) is 0 Å². The molecule has 0 bridgehead atoms. The van der Waals surface area contributed by atoms with Crippen LogP contribution in [0.4, 0.5) is 0 Å². The Hall–Kier alpha value is -0.900. The largest absolute Gasteiger partial charge is 0.480 e. The van der Waals surface area contributed by atoms with Crippen molar-refractivity contribution < 1.29 is 16.1 Å². The molecule has 0 aromatic heterocycles. The quantitative estimate of drug-likeness (QED) is 0.536. The van der Waals surface area contributed by atoms with E-state index in [9.17, 15) is 9.59 Å². The number of carboxylic acids is 1. The van der Waals surface area contributed by atoms with Crippen molar-refractivity contribution in [2.75, 3.05) is 0 Å². The molecule has 0 amide bonds. The Labute approximate surface area is 54.1 Å². The van der Waals surface area contributed by atoms with E-state index in [2.05, 4.69) is 0 Å². The second-order valence-electron chi connectivity index (χ2n) is 1.71. The molecule has 1 unspecified atom stereocenters. The van der Waals surface area contributed by atoms with Crippen LogP contribution in [0.5, 0.6) is 0 Å². The molecule has 0 aromatic carbocycles. The smallest absolute Gasteiger partial charge is 0.320 e. The second kappa shape index (κ2) is 3.19. The lowest BCUT2D eigenvalue weighted by Crippen LogP contribution is -2.31. The summed E-state index contributed by atoms with van der Waals surface area (Å²) in [5.41, 5.74) is 4.91. The molecule has 9 heavy (non-hydrogen) atoms. The fraction of sp³-hybridized carbons (Fsp3) is 0.600. The van der Waals surface area contributed by atoms with Gasteiger partial charge in [0.25, 0.3) is 0 Å². The van der Waals surface area contributed by atoms with Gasteiger partial charge in [0.05, 0.1) is 1.37 Å². The lowest BCUT2D eigenvalue weighted by molar-refractivity contribution is -0.140. The van der Waals surface area contributed by atoms with E-state index in [0.717, 1.165) is 0 Å². The van der Waals surface area contributed by atoms with Gasteiger partial charge < -0.3 is 10.8 Å². The van der Waals surface area contributed by atoms with Crippen LogP contribution in [0.15, 0.2) is 0 Å². The fourth-order valence-corrected chi connectivity index (χ4v) is 0.344. The van der Waals surface area contributed by atoms with Crippen molar-refractivity contribution in [3.63, 3.8) is 0 Å². The van der Waals surface area contributed by atoms with Crippen LogP contribution in [-0.2, 0) is 9.59 Å². The zero-order chi connectivity index (χ0) is 8.36. The molecule has 0 spiro atoms. The first-order valence-electron chi connectivity index (χ1n) is 2.88. The molecule has 0 aliphatic carbocycles. The monoisotopic (exact) mass is 132 g/mol. The van der Waals surface area contributed by atoms with E-state index >= 15 is 0 Å². The molecule has 0 radical (unpaired) electrons. The minimum Gasteiger partial charge on any atom is -0.480 e. The number of nitrogens with two attached hydrogens (primary N) is 1. The standard InChI is InChI=1S/C5H9NO3/c1-3(7)2-4(6)5(8)9/h4H,2,6H2,1H3,(H,8,9)/i4D. The fourth-order valence-electron chi connectivity index (χ4n) is 0.344. The summed E-state index contributed by atoms with van der Waals surface area (Å²) in [6.45, 7) is 1.19. The summed E-state index contributed by atoms with van der Waals surface area (Å²) >= 11 is 0. The van der Waals surface area contributed by atoms with E-state index in [4.69, 9.17) is 12.2 Å². The minimum atomic E-state index is -2.16. The lowest BCUT2D eigenvalue weighted by Gasteiger charge is -2.00. The van der Waals surface area contributed by atoms with Crippen LogP contribution >= 0.6 is 0 Å². The van der Waals surface area contributed by atoms with Crippen molar-refractivity contribution >= 4 is 11.8 Å². The highest BCUT2D eigenvalue weighted by atomic mass is 16.4. The molecule has 52 valence electrons. The molecule has 0 fully saturated rings. The van der Waals surface area contributed by atoms with Crippen molar-refractivity contribution in [1.29, 1.82) is 0 Å². The van der Waals surface area contributed by atoms with E-state index in [1.165, 1.54) is 6.92 Å². The third kappa shape index (κ3) is 3.66. The van der Waals surface area contributed by atoms with E-state index < -0.39 is 24.2 Å². The molecule has 1 atom stereocenters. The van der Waals surface area contributed by atoms with Crippen LogP contribution in [0, 0.1) is 0 Å². The molecule has 3 N–H and O–H groups in total. The minimum absolute atomic E-state index is 0.403. The second-order valence-corrected chi connectivity index (χ2v) is 1.71. The van der Waals surface area contributed by atoms with E-state index in [0.29, 0.717) is 0 Å². The predicted molar refractivity (Wildman–Crippen MR) is 30.9 cm³/mol. The molecule has 0 aliphatic rings. The van der Waals surface area contributed by atoms with E-state index in [1.54, 1.807) is 0 Å². The number of hydrogen-bond acceptors (Lipinski definition) is 3. The molecule has 0 saturated carbocycles. The normalized spacial score (nSPS) is 17.8. The average molecular weight is 132 g/mol. The van der Waals surface area contributed by atoms with Crippen LogP contribution in [0.3, 0.4) is 0 Å². The maximum atomic E-state index is 10.3. The molecular weight excluding hydrogens is 122 g/mol. The molecular formula is C5H9NO3. The number of carboxylic acid groups (broad SMARTS) is 1. The van der Waals surface area contributed by atoms with Crippen molar-refractivity contribution in [1.82, 2.24) is 0 Å². The molecule has 0 aliphatic heterocycles. The number of rotatable bonds is 3. The van der Waals surface area contributed by atoms with Gasteiger partial charge in [0.2, 0.25) is 0 Å². The molecule has 4 heteroatoms. The first kappa shape index (κ1) is 6.22. The maximum absolute atomic E-state index is 10.3. The number of Topliss-reactive ketones (excluding diaryl/α,β-unsaturated/α-hetero) is 1. The highest BCUT2D eigenvalue weighted by Crippen LogP contribution is 1.87. The summed E-state index contributed by atoms with van der Waals surface area (Å²) in [6.07, 6.45) is -0.456. The summed E-state index contributed by atoms with van der Waals surface area (Å²) in [4.78, 5) is 20.4. The zero-order valence-electron chi connectivity index (χ0n) is 6.05. The maximum Gasteiger partial charge on any atom is 0.320 e. The predicted octanol–water partition coefficient (Wildman–Crippen LogP) is -0.623. The van der Waals surface area contributed by atoms with Gasteiger partial charge in [-0.1, -0.05) is 0 Å². The lowest BCUT2D eigenvalue weighted by atomic mass is 10.2. The number of carbonyl (C=O) groups excluding carboxylic acids is 1. The first-order valence-corrected chi connectivity index (χ1v) is 2.38. The van der Waals surface area contributed by atoms with Crippen LogP contribution in [0.1, 0.15) is 14.7 Å². The number of carbonyl (C=O) groups is 2. The Morgan fingerprint density at radius 1 is 1.89 bits per heavy atom. The van der Waals surface area contributed by atoms with Gasteiger partial charge in [-0.3, -0.25) is 9.59 Å². The molecule has 0 heterocycles. The molecule has 4 nitrogen and oxygen atoms in total. The first-order chi connectivity index (χ1) is 4.36. The van der Waals surface area contributed by atoms with Crippen molar-refractivity contribution in [2.45, 2.75) is 19.4 Å². The van der Waals surface area contributed by atoms with Gasteiger partial charge in [0.15, 0.2) is 0 Å². The Morgan fingerprint density at radius 2 is 2.33 bits per heavy atom. The van der Waals surface area contributed by atoms with E-state index in [-0.39, 0.29) is 0 Å². The van der Waals surface area contributed by atoms with E-state index in [1.807, 2.05) is 0 Å². The van der Waals surface area contributed by atoms with Gasteiger partial charge in [0.1, 0.15) is 11.8 Å². The third-order valence-electron chi connectivity index (χ3n) is 0.714. The zero-order valence-corrected chi connectivity index (χ0v) is 5.05. The van der Waals surface area contributed by atoms with Crippen molar-refractivity contribution in [3.8, 4) is 0 Å². The van der Waals surface area contributed by atoms with Gasteiger partial charge >= 0.3 is 5.97 Å². The van der Waals surface area contributed by atoms with Gasteiger partial charge in [-0.05, 0) is 6.92 Å². The Bertz CT molecular complexity index is 166. The van der Waals surface area contributed by atoms with Gasteiger partial charge in [0, 0.05) is 6.42 Å². The Morgan fingerprint density at radius 3 is 2.44 bits per heavy atom. The summed E-state index contributed by atoms with van der Waals surface area (Å²) in [5.74, 6) is -1.89. The van der Waals surface area contributed by atoms with Crippen LogP contribution in [0.25, 0.3) is 0 Å². The summed E-state index contributed by atoms with van der Waals surface area (Å²) in [5, 5.41) is 8.23. The molecule has 0 rings (SSSR count). The highest BCUT2D eigenvalue weighted by Gasteiger charge is 2.12. The third-order valence-corrected chi connectivity index (χ3v) is 0.714. The van der Waals surface area contributed by atoms with Gasteiger partial charge in [-0.15, -0.1) is 0 Å². The van der Waals surface area contributed by atoms with Crippen molar-refractivity contribution in [3.05, 3.63) is 0 Å². The Kier molecular flexibility index (Phi) is 2.21. The number of aliphatic carboxylic acids is 1. The SMILES string of the molecule is [2H]C(N)(CC(C)=O)C(=O)O. The number of hydrogen-bond donors (Lipinski definition) is 2. The van der Waals surface area contributed by atoms with Gasteiger partial charge in [-0.2, -0.15) is 0 Å². The van der Waals surface area contributed by atoms with Crippen LogP contribution < -0.4 is 5.73 Å². The summed E-state index contributed by atoms with van der Waals surface area (Å²) < 4.78 is 6.87. The summed E-state index contributed by atoms with van der Waals surface area (Å²) in [6, 6.07) is -2.16. The van der Waals surface area contributed by atoms with Crippen molar-refractivity contribution in [2.24, 2.45) is 5.73 Å². The molecule has 0 saturated heterocycles. The Balaban J connectivity index is 4.13. The topological polar surface area (TPSA) is 80.4 Å². The van der Waals surface area contributed by atoms with Crippen LogP contribution in [-0.4, -0.2) is 22.9 Å². The molecule has 0 aromatic rings.